The lowest BCUT2D eigenvalue weighted by molar-refractivity contribution is -0.142. The lowest BCUT2D eigenvalue weighted by atomic mass is 10.1. The molecule has 0 aromatic carbocycles. The van der Waals surface area contributed by atoms with Crippen molar-refractivity contribution in [2.45, 2.75) is 31.9 Å². The Morgan fingerprint density at radius 1 is 1.83 bits per heavy atom. The molecule has 0 aromatic heterocycles. The van der Waals surface area contributed by atoms with Crippen LogP contribution >= 0.6 is 0 Å². The summed E-state index contributed by atoms with van der Waals surface area (Å²) >= 11 is 0. The van der Waals surface area contributed by atoms with Crippen molar-refractivity contribution in [3.8, 4) is 0 Å². The van der Waals surface area contributed by atoms with Gasteiger partial charge in [0.1, 0.15) is 6.10 Å². The van der Waals surface area contributed by atoms with Gasteiger partial charge in [-0.3, -0.25) is 4.79 Å². The third kappa shape index (κ3) is 2.19. The molecule has 0 aromatic rings. The highest BCUT2D eigenvalue weighted by Crippen LogP contribution is 2.10. The maximum absolute atomic E-state index is 11.3. The Morgan fingerprint density at radius 2 is 2.50 bits per heavy atom. The summed E-state index contributed by atoms with van der Waals surface area (Å²) in [6, 6.07) is 0. The number of piperidine rings is 1. The van der Waals surface area contributed by atoms with E-state index in [0.717, 1.165) is 0 Å². The smallest absolute Gasteiger partial charge is 0.251 e. The minimum absolute atomic E-state index is 0.165. The summed E-state index contributed by atoms with van der Waals surface area (Å²) < 4.78 is 7.37. The number of β-amino-alcohol motifs (C(OH)–C–C–N with tert-alkyl or cyclic N) is 1. The molecule has 0 unspecified atom stereocenters. The normalized spacial score (nSPS) is 34.2. The van der Waals surface area contributed by atoms with Crippen LogP contribution in [-0.2, 0) is 4.79 Å². The number of carbonyl (C=O) groups is 1. The molecule has 4 heteroatoms. The van der Waals surface area contributed by atoms with E-state index in [0.29, 0.717) is 13.0 Å². The van der Waals surface area contributed by atoms with Crippen LogP contribution in [0.3, 0.4) is 0 Å². The fourth-order valence-corrected chi connectivity index (χ4v) is 1.28. The molecule has 1 fully saturated rings. The van der Waals surface area contributed by atoms with Gasteiger partial charge in [-0.1, -0.05) is 0 Å². The summed E-state index contributed by atoms with van der Waals surface area (Å²) in [6.45, 7) is 2.02. The number of carbonyl (C=O) groups excluding carboxylic acids is 1. The Bertz CT molecular complexity index is 198. The zero-order chi connectivity index (χ0) is 10.0. The molecular weight excluding hydrogens is 158 g/mol. The van der Waals surface area contributed by atoms with Gasteiger partial charge in [-0.05, 0) is 19.7 Å². The van der Waals surface area contributed by atoms with E-state index < -0.39 is 18.6 Å². The number of hydrogen-bond donors (Lipinski definition) is 2. The summed E-state index contributed by atoms with van der Waals surface area (Å²) in [4.78, 5) is 12.7. The Morgan fingerprint density at radius 3 is 3.00 bits per heavy atom. The lowest BCUT2D eigenvalue weighted by Crippen LogP contribution is -2.45. The van der Waals surface area contributed by atoms with E-state index in [1.165, 1.54) is 11.8 Å². The van der Waals surface area contributed by atoms with E-state index >= 15 is 0 Å². The summed E-state index contributed by atoms with van der Waals surface area (Å²) in [5.41, 5.74) is 0. The van der Waals surface area contributed by atoms with E-state index in [2.05, 4.69) is 0 Å². The van der Waals surface area contributed by atoms with E-state index in [-0.39, 0.29) is 12.5 Å². The van der Waals surface area contributed by atoms with Gasteiger partial charge in [0, 0.05) is 14.5 Å². The highest BCUT2D eigenvalue weighted by Gasteiger charge is 2.24. The molecule has 0 aliphatic carbocycles. The molecule has 1 aliphatic heterocycles. The molecule has 12 heavy (non-hydrogen) atoms. The van der Waals surface area contributed by atoms with Gasteiger partial charge in [0.2, 0.25) is 0 Å². The van der Waals surface area contributed by atoms with Crippen LogP contribution in [-0.4, -0.2) is 46.3 Å². The average molecular weight is 174 g/mol. The van der Waals surface area contributed by atoms with Gasteiger partial charge in [-0.15, -0.1) is 0 Å². The molecule has 3 atom stereocenters. The maximum Gasteiger partial charge on any atom is 0.251 e. The van der Waals surface area contributed by atoms with Crippen molar-refractivity contribution in [3.05, 3.63) is 0 Å². The molecule has 1 aliphatic rings. The third-order valence-corrected chi connectivity index (χ3v) is 1.91. The van der Waals surface area contributed by atoms with Crippen molar-refractivity contribution in [1.29, 1.82) is 0 Å². The van der Waals surface area contributed by atoms with E-state index in [4.69, 9.17) is 6.48 Å². The van der Waals surface area contributed by atoms with Crippen LogP contribution in [0.15, 0.2) is 0 Å². The van der Waals surface area contributed by atoms with Gasteiger partial charge >= 0.3 is 0 Å². The Kier molecular flexibility index (Phi) is 2.58. The summed E-state index contributed by atoms with van der Waals surface area (Å²) in [7, 11) is 0. The molecule has 1 rings (SSSR count). The van der Waals surface area contributed by atoms with E-state index in [1.807, 2.05) is 0 Å². The summed E-state index contributed by atoms with van der Waals surface area (Å²) in [6.07, 6.45) is -1.83. The zero-order valence-corrected chi connectivity index (χ0v) is 7.10. The van der Waals surface area contributed by atoms with Crippen LogP contribution in [0, 0.1) is 0 Å². The monoisotopic (exact) mass is 174 g/mol. The number of rotatable bonds is 1. The van der Waals surface area contributed by atoms with Crippen LogP contribution in [0.4, 0.5) is 0 Å². The van der Waals surface area contributed by atoms with E-state index in [9.17, 15) is 9.90 Å². The van der Waals surface area contributed by atoms with Crippen molar-refractivity contribution < 1.29 is 16.4 Å². The SMILES string of the molecule is [2H][C@@H]1CCN(C(=O)[C@H](C)O)C[C@@H]1O. The van der Waals surface area contributed by atoms with Crippen molar-refractivity contribution in [2.75, 3.05) is 13.1 Å². The first kappa shape index (κ1) is 8.01. The molecule has 1 heterocycles. The number of hydrogen-bond acceptors (Lipinski definition) is 3. The molecule has 2 N–H and O–H groups in total. The zero-order valence-electron chi connectivity index (χ0n) is 8.10. The first-order chi connectivity index (χ1) is 6.02. The molecule has 1 amide bonds. The molecule has 4 nitrogen and oxygen atoms in total. The first-order valence-electron chi connectivity index (χ1n) is 4.67. The second-order valence-corrected chi connectivity index (χ2v) is 3.05. The lowest BCUT2D eigenvalue weighted by Gasteiger charge is -2.30. The molecule has 0 bridgehead atoms. The Balaban J connectivity index is 2.50. The van der Waals surface area contributed by atoms with Crippen LogP contribution in [0.5, 0.6) is 0 Å². The maximum atomic E-state index is 11.3. The second-order valence-electron chi connectivity index (χ2n) is 3.05. The number of nitrogens with zero attached hydrogens (tertiary/aromatic N) is 1. The van der Waals surface area contributed by atoms with Gasteiger partial charge in [0.15, 0.2) is 0 Å². The number of aliphatic hydroxyl groups excluding tert-OH is 2. The third-order valence-electron chi connectivity index (χ3n) is 1.91. The minimum atomic E-state index is -1.02. The standard InChI is InChI=1S/C8H15NO3/c1-6(10)8(12)9-4-2-3-7(11)5-9/h6-7,10-11H,2-5H2,1H3/t6-,7+/m0/s1/i3D/t3-,6+,7-/m1. The van der Waals surface area contributed by atoms with Crippen LogP contribution in [0.25, 0.3) is 0 Å². The largest absolute Gasteiger partial charge is 0.391 e. The molecule has 70 valence electrons. The van der Waals surface area contributed by atoms with Gasteiger partial charge < -0.3 is 15.1 Å². The molecule has 1 saturated heterocycles. The predicted octanol–water partition coefficient (Wildman–Crippen LogP) is -0.650. The minimum Gasteiger partial charge on any atom is -0.391 e. The highest BCUT2D eigenvalue weighted by atomic mass is 16.3. The van der Waals surface area contributed by atoms with Crippen LogP contribution in [0.1, 0.15) is 21.1 Å². The molecule has 0 spiro atoms. The van der Waals surface area contributed by atoms with Crippen LogP contribution < -0.4 is 0 Å². The molecular formula is C8H15NO3. The van der Waals surface area contributed by atoms with Crippen molar-refractivity contribution in [1.82, 2.24) is 4.90 Å². The van der Waals surface area contributed by atoms with Crippen LogP contribution in [0.2, 0.25) is 0 Å². The van der Waals surface area contributed by atoms with Crippen molar-refractivity contribution in [3.63, 3.8) is 0 Å². The van der Waals surface area contributed by atoms with Gasteiger partial charge in [0.05, 0.1) is 6.10 Å². The fraction of sp³-hybridized carbons (Fsp3) is 0.875. The first-order valence-corrected chi connectivity index (χ1v) is 4.09. The predicted molar refractivity (Wildman–Crippen MR) is 43.5 cm³/mol. The topological polar surface area (TPSA) is 60.8 Å². The Hall–Kier alpha value is -0.610. The summed E-state index contributed by atoms with van der Waals surface area (Å²) in [5, 5.41) is 18.3. The number of likely N-dealkylation sites (tertiary alicyclic amines) is 1. The molecule has 0 saturated carbocycles. The Labute approximate surface area is 73.2 Å². The molecule has 0 radical (unpaired) electrons. The van der Waals surface area contributed by atoms with Crippen molar-refractivity contribution >= 4 is 5.91 Å². The average Bonchev–Trinajstić information content (AvgIpc) is 2.08. The van der Waals surface area contributed by atoms with E-state index in [1.54, 1.807) is 0 Å². The van der Waals surface area contributed by atoms with Gasteiger partial charge in [-0.2, -0.15) is 0 Å². The van der Waals surface area contributed by atoms with Gasteiger partial charge in [-0.25, -0.2) is 0 Å². The fourth-order valence-electron chi connectivity index (χ4n) is 1.28. The highest BCUT2D eigenvalue weighted by molar-refractivity contribution is 5.80. The summed E-state index contributed by atoms with van der Waals surface area (Å²) in [5.74, 6) is -0.369. The van der Waals surface area contributed by atoms with Gasteiger partial charge in [0.25, 0.3) is 5.91 Å². The quantitative estimate of drug-likeness (QED) is 0.555. The number of amides is 1. The number of aliphatic hydroxyl groups is 2. The van der Waals surface area contributed by atoms with Crippen molar-refractivity contribution in [2.24, 2.45) is 0 Å². The second kappa shape index (κ2) is 3.87.